The lowest BCUT2D eigenvalue weighted by atomic mass is 9.87. The van der Waals surface area contributed by atoms with Crippen molar-refractivity contribution in [2.45, 2.75) is 160 Å². The van der Waals surface area contributed by atoms with Gasteiger partial charge in [-0.3, -0.25) is 20.4 Å². The Labute approximate surface area is 267 Å². The van der Waals surface area contributed by atoms with Crippen molar-refractivity contribution in [3.05, 3.63) is 11.2 Å². The zero-order chi connectivity index (χ0) is 29.9. The number of hydrazine groups is 3. The average molecular weight is 624 g/mol. The van der Waals surface area contributed by atoms with Gasteiger partial charge in [0.15, 0.2) is 0 Å². The Hall–Kier alpha value is -0.490. The van der Waals surface area contributed by atoms with Gasteiger partial charge in [0.25, 0.3) is 0 Å². The van der Waals surface area contributed by atoms with Crippen LogP contribution in [0.5, 0.6) is 0 Å². The summed E-state index contributed by atoms with van der Waals surface area (Å²) in [6.07, 6.45) is 25.1. The van der Waals surface area contributed by atoms with Crippen LogP contribution in [0.4, 0.5) is 0 Å². The number of nitrogens with zero attached hydrogens (tertiary/aromatic N) is 3. The summed E-state index contributed by atoms with van der Waals surface area (Å²) in [4.78, 5) is 12.8. The van der Waals surface area contributed by atoms with Gasteiger partial charge in [0, 0.05) is 38.3 Å². The molecule has 4 N–H and O–H groups in total. The lowest BCUT2D eigenvalue weighted by molar-refractivity contribution is -0.218. The van der Waals surface area contributed by atoms with Gasteiger partial charge in [-0.1, -0.05) is 82.0 Å². The van der Waals surface area contributed by atoms with Crippen molar-refractivity contribution >= 4 is 11.6 Å². The number of nitrogens with one attached hydrogen (secondary N) is 4. The highest BCUT2D eigenvalue weighted by atomic mass is 35.5. The molecule has 3 unspecified atom stereocenters. The van der Waals surface area contributed by atoms with Crippen LogP contribution in [-0.2, 0) is 9.68 Å². The maximum atomic E-state index is 6.66. The predicted octanol–water partition coefficient (Wildman–Crippen LogP) is 6.10. The second-order valence-electron chi connectivity index (χ2n) is 13.9. The van der Waals surface area contributed by atoms with Crippen molar-refractivity contribution in [2.24, 2.45) is 11.8 Å². The Bertz CT molecular complexity index is 809. The number of rotatable bonds is 14. The third-order valence-corrected chi connectivity index (χ3v) is 10.7. The van der Waals surface area contributed by atoms with Crippen molar-refractivity contribution in [3.63, 3.8) is 0 Å². The van der Waals surface area contributed by atoms with Crippen LogP contribution in [0, 0.1) is 11.8 Å². The summed E-state index contributed by atoms with van der Waals surface area (Å²) in [7, 11) is 0. The first-order chi connectivity index (χ1) is 21.1. The topological polar surface area (TPSA) is 76.3 Å². The number of hydrogen-bond donors (Lipinski definition) is 4. The smallest absolute Gasteiger partial charge is 0.117 e. The highest BCUT2D eigenvalue weighted by Crippen LogP contribution is 2.29. The molecule has 5 aliphatic rings. The van der Waals surface area contributed by atoms with Gasteiger partial charge in [-0.2, -0.15) is 10.1 Å². The van der Waals surface area contributed by atoms with E-state index in [0.717, 1.165) is 51.9 Å². The normalized spacial score (nSPS) is 28.4. The Morgan fingerprint density at radius 3 is 1.74 bits per heavy atom. The van der Waals surface area contributed by atoms with E-state index in [2.05, 4.69) is 51.6 Å². The van der Waals surface area contributed by atoms with Crippen molar-refractivity contribution in [3.8, 4) is 0 Å². The summed E-state index contributed by atoms with van der Waals surface area (Å²) >= 11 is 6.66. The predicted molar refractivity (Wildman–Crippen MR) is 174 cm³/mol. The second kappa shape index (κ2) is 18.0. The van der Waals surface area contributed by atoms with E-state index in [1.165, 1.54) is 89.9 Å². The minimum absolute atomic E-state index is 0.0256. The number of hydroxylamine groups is 4. The molecule has 0 amide bonds. The molecule has 3 aliphatic heterocycles. The molecule has 3 heterocycles. The zero-order valence-corrected chi connectivity index (χ0v) is 28.0. The number of halogens is 1. The van der Waals surface area contributed by atoms with Gasteiger partial charge >= 0.3 is 0 Å². The fourth-order valence-corrected chi connectivity index (χ4v) is 8.27. The minimum atomic E-state index is -0.0256. The van der Waals surface area contributed by atoms with E-state index in [9.17, 15) is 0 Å². The van der Waals surface area contributed by atoms with Crippen molar-refractivity contribution in [1.82, 2.24) is 36.9 Å². The van der Waals surface area contributed by atoms with E-state index in [1.54, 1.807) is 0 Å². The Kier molecular flexibility index (Phi) is 14.2. The van der Waals surface area contributed by atoms with E-state index in [0.29, 0.717) is 41.3 Å². The molecule has 10 heteroatoms. The van der Waals surface area contributed by atoms with Gasteiger partial charge in [0.1, 0.15) is 5.16 Å². The Morgan fingerprint density at radius 1 is 0.744 bits per heavy atom. The molecular formula is C33H62ClN7O2. The third-order valence-electron chi connectivity index (χ3n) is 10.5. The summed E-state index contributed by atoms with van der Waals surface area (Å²) in [6.45, 7) is 8.71. The molecular weight excluding hydrogens is 562 g/mol. The molecule has 0 bridgehead atoms. The molecule has 5 rings (SSSR count). The maximum Gasteiger partial charge on any atom is 0.117 e. The van der Waals surface area contributed by atoms with Gasteiger partial charge in [-0.15, -0.1) is 0 Å². The molecule has 3 atom stereocenters. The lowest BCUT2D eigenvalue weighted by Crippen LogP contribution is -2.67. The molecule has 9 nitrogen and oxygen atoms in total. The molecule has 43 heavy (non-hydrogen) atoms. The van der Waals surface area contributed by atoms with Gasteiger partial charge in [0.05, 0.1) is 18.4 Å². The number of piperidine rings is 2. The van der Waals surface area contributed by atoms with Crippen LogP contribution in [0.1, 0.15) is 129 Å². The zero-order valence-electron chi connectivity index (χ0n) is 27.2. The van der Waals surface area contributed by atoms with Crippen molar-refractivity contribution in [1.29, 1.82) is 0 Å². The summed E-state index contributed by atoms with van der Waals surface area (Å²) in [6, 6.07) is 0.824. The summed E-state index contributed by atoms with van der Waals surface area (Å²) in [5.74, 6) is 1.25. The molecule has 0 spiro atoms. The highest BCUT2D eigenvalue weighted by Gasteiger charge is 2.33. The fraction of sp³-hybridized carbons (Fsp3) is 0.939. The lowest BCUT2D eigenvalue weighted by Gasteiger charge is -2.42. The second-order valence-corrected chi connectivity index (χ2v) is 14.3. The van der Waals surface area contributed by atoms with E-state index >= 15 is 0 Å². The quantitative estimate of drug-likeness (QED) is 0.172. The molecule has 2 aliphatic carbocycles. The van der Waals surface area contributed by atoms with Crippen LogP contribution in [0.2, 0.25) is 0 Å². The first-order valence-electron chi connectivity index (χ1n) is 18.2. The van der Waals surface area contributed by atoms with Crippen LogP contribution in [0.15, 0.2) is 11.2 Å². The molecule has 4 fully saturated rings. The van der Waals surface area contributed by atoms with E-state index in [4.69, 9.17) is 21.3 Å². The van der Waals surface area contributed by atoms with E-state index < -0.39 is 0 Å². The summed E-state index contributed by atoms with van der Waals surface area (Å²) in [5.41, 5.74) is 10.7. The molecule has 0 radical (unpaired) electrons. The first kappa shape index (κ1) is 33.9. The SMILES string of the molecule is CCCC(NC1C=C(Cl)NN(NC(CCC)C2CCN(OC3CCCCC3)CC2)N1)C1CCN(OC2CCCCC2)CC1. The fourth-order valence-electron chi connectivity index (χ4n) is 8.06. The number of hydrogen-bond acceptors (Lipinski definition) is 9. The highest BCUT2D eigenvalue weighted by molar-refractivity contribution is 6.29. The van der Waals surface area contributed by atoms with E-state index in [-0.39, 0.29) is 6.17 Å². The molecule has 0 aromatic carbocycles. The van der Waals surface area contributed by atoms with Gasteiger partial charge in [-0.25, -0.2) is 10.9 Å². The van der Waals surface area contributed by atoms with Crippen LogP contribution in [-0.4, -0.2) is 72.0 Å². The Morgan fingerprint density at radius 2 is 1.23 bits per heavy atom. The van der Waals surface area contributed by atoms with Crippen molar-refractivity contribution in [2.75, 3.05) is 26.2 Å². The standard InChI is InChI=1S/C33H62ClN7O2/c1-3-11-30(26-17-21-39(22-18-26)42-28-13-7-5-8-14-28)35-33-25-32(34)37-41(38-33)36-31(12-4-2)27-19-23-40(24-20-27)43-29-15-9-6-10-16-29/h25-31,33,35-38H,3-24H2,1-2H3. The van der Waals surface area contributed by atoms with Gasteiger partial charge in [-0.05, 0) is 82.1 Å². The first-order valence-corrected chi connectivity index (χ1v) is 18.5. The molecule has 2 saturated carbocycles. The molecule has 2 saturated heterocycles. The third kappa shape index (κ3) is 10.8. The van der Waals surface area contributed by atoms with Crippen LogP contribution < -0.4 is 21.6 Å². The largest absolute Gasteiger partial charge is 0.296 e. The monoisotopic (exact) mass is 623 g/mol. The molecule has 0 aromatic heterocycles. The van der Waals surface area contributed by atoms with Crippen molar-refractivity contribution < 1.29 is 9.68 Å². The molecule has 248 valence electrons. The summed E-state index contributed by atoms with van der Waals surface area (Å²) in [5, 5.41) is 11.0. The van der Waals surface area contributed by atoms with Crippen LogP contribution >= 0.6 is 11.6 Å². The summed E-state index contributed by atoms with van der Waals surface area (Å²) < 4.78 is 0. The maximum absolute atomic E-state index is 6.66. The van der Waals surface area contributed by atoms with Crippen LogP contribution in [0.3, 0.4) is 0 Å². The Balaban J connectivity index is 1.08. The molecule has 0 aromatic rings. The minimum Gasteiger partial charge on any atom is -0.296 e. The van der Waals surface area contributed by atoms with Gasteiger partial charge < -0.3 is 0 Å². The van der Waals surface area contributed by atoms with Gasteiger partial charge in [0.2, 0.25) is 0 Å². The average Bonchev–Trinajstić information content (AvgIpc) is 3.02. The van der Waals surface area contributed by atoms with E-state index in [1.807, 2.05) is 5.23 Å². The van der Waals surface area contributed by atoms with Crippen LogP contribution in [0.25, 0.3) is 0 Å².